The lowest BCUT2D eigenvalue weighted by Gasteiger charge is -2.23. The van der Waals surface area contributed by atoms with Gasteiger partial charge in [0.15, 0.2) is 0 Å². The standard InChI is InChI=1S/C16H19N5O/c1-10-14-16(19-8-7-18-14)15(21-20-10)12-5-3-11(4-6-12)9-13(22)17-2/h3-6,18-19H,7-9H2,1-2H3,(H,17,22). The molecule has 2 heterocycles. The van der Waals surface area contributed by atoms with Crippen LogP contribution in [0, 0.1) is 6.92 Å². The summed E-state index contributed by atoms with van der Waals surface area (Å²) in [6.07, 6.45) is 0.383. The third-order valence-corrected chi connectivity index (χ3v) is 3.75. The van der Waals surface area contributed by atoms with Gasteiger partial charge in [-0.15, -0.1) is 5.10 Å². The van der Waals surface area contributed by atoms with Crippen LogP contribution in [-0.4, -0.2) is 36.2 Å². The number of amides is 1. The molecule has 22 heavy (non-hydrogen) atoms. The molecule has 1 aliphatic heterocycles. The zero-order chi connectivity index (χ0) is 15.5. The van der Waals surface area contributed by atoms with E-state index in [0.29, 0.717) is 6.42 Å². The van der Waals surface area contributed by atoms with E-state index in [1.807, 2.05) is 31.2 Å². The van der Waals surface area contributed by atoms with Crippen LogP contribution in [0.15, 0.2) is 24.3 Å². The summed E-state index contributed by atoms with van der Waals surface area (Å²) in [7, 11) is 1.64. The van der Waals surface area contributed by atoms with Gasteiger partial charge in [-0.25, -0.2) is 0 Å². The van der Waals surface area contributed by atoms with Gasteiger partial charge in [0.1, 0.15) is 5.69 Å². The van der Waals surface area contributed by atoms with E-state index in [0.717, 1.165) is 47.0 Å². The fourth-order valence-electron chi connectivity index (χ4n) is 2.54. The Morgan fingerprint density at radius 1 is 1.14 bits per heavy atom. The molecule has 0 fully saturated rings. The molecule has 3 rings (SSSR count). The van der Waals surface area contributed by atoms with E-state index in [-0.39, 0.29) is 5.91 Å². The molecule has 3 N–H and O–H groups in total. The second-order valence-electron chi connectivity index (χ2n) is 5.28. The Kier molecular flexibility index (Phi) is 3.91. The van der Waals surface area contributed by atoms with E-state index in [1.54, 1.807) is 7.05 Å². The summed E-state index contributed by atoms with van der Waals surface area (Å²) in [5, 5.41) is 18.0. The lowest BCUT2D eigenvalue weighted by atomic mass is 10.0. The summed E-state index contributed by atoms with van der Waals surface area (Å²) < 4.78 is 0. The molecule has 0 radical (unpaired) electrons. The fourth-order valence-corrected chi connectivity index (χ4v) is 2.54. The maximum Gasteiger partial charge on any atom is 0.224 e. The Bertz CT molecular complexity index is 696. The zero-order valence-corrected chi connectivity index (χ0v) is 12.7. The summed E-state index contributed by atoms with van der Waals surface area (Å²) in [5.74, 6) is 0.00567. The van der Waals surface area contributed by atoms with Gasteiger partial charge in [0, 0.05) is 25.7 Å². The highest BCUT2D eigenvalue weighted by atomic mass is 16.1. The predicted octanol–water partition coefficient (Wildman–Crippen LogP) is 1.58. The SMILES string of the molecule is CNC(=O)Cc1ccc(-c2nnc(C)c3c2NCCN3)cc1. The second kappa shape index (κ2) is 6.01. The maximum atomic E-state index is 11.4. The van der Waals surface area contributed by atoms with Gasteiger partial charge < -0.3 is 16.0 Å². The van der Waals surface area contributed by atoms with Crippen LogP contribution in [0.1, 0.15) is 11.3 Å². The van der Waals surface area contributed by atoms with Crippen molar-refractivity contribution in [3.8, 4) is 11.3 Å². The summed E-state index contributed by atoms with van der Waals surface area (Å²) >= 11 is 0. The Balaban J connectivity index is 1.93. The van der Waals surface area contributed by atoms with Crippen molar-refractivity contribution in [2.75, 3.05) is 30.8 Å². The number of benzene rings is 1. The van der Waals surface area contributed by atoms with Gasteiger partial charge >= 0.3 is 0 Å². The number of likely N-dealkylation sites (N-methyl/N-ethyl adjacent to an activating group) is 1. The Hall–Kier alpha value is -2.63. The van der Waals surface area contributed by atoms with Crippen molar-refractivity contribution in [1.82, 2.24) is 15.5 Å². The van der Waals surface area contributed by atoms with Gasteiger partial charge in [-0.2, -0.15) is 5.10 Å². The van der Waals surface area contributed by atoms with E-state index in [2.05, 4.69) is 26.1 Å². The van der Waals surface area contributed by atoms with Crippen molar-refractivity contribution in [2.24, 2.45) is 0 Å². The first-order chi connectivity index (χ1) is 10.7. The molecule has 1 aliphatic rings. The lowest BCUT2D eigenvalue weighted by Crippen LogP contribution is -2.23. The monoisotopic (exact) mass is 297 g/mol. The predicted molar refractivity (Wildman–Crippen MR) is 87.0 cm³/mol. The van der Waals surface area contributed by atoms with Gasteiger partial charge in [0.2, 0.25) is 5.91 Å². The van der Waals surface area contributed by atoms with E-state index >= 15 is 0 Å². The molecule has 0 saturated carbocycles. The van der Waals surface area contributed by atoms with Crippen molar-refractivity contribution in [3.05, 3.63) is 35.5 Å². The summed E-state index contributed by atoms with van der Waals surface area (Å²) in [6, 6.07) is 7.87. The van der Waals surface area contributed by atoms with Crippen LogP contribution in [0.4, 0.5) is 11.4 Å². The zero-order valence-electron chi connectivity index (χ0n) is 12.7. The fraction of sp³-hybridized carbons (Fsp3) is 0.312. The first-order valence-corrected chi connectivity index (χ1v) is 7.34. The number of hydrogen-bond acceptors (Lipinski definition) is 5. The van der Waals surface area contributed by atoms with Crippen LogP contribution in [0.3, 0.4) is 0 Å². The highest BCUT2D eigenvalue weighted by molar-refractivity contribution is 5.86. The minimum absolute atomic E-state index is 0.00567. The second-order valence-corrected chi connectivity index (χ2v) is 5.28. The van der Waals surface area contributed by atoms with E-state index in [1.165, 1.54) is 0 Å². The summed E-state index contributed by atoms with van der Waals surface area (Å²) in [4.78, 5) is 11.4. The van der Waals surface area contributed by atoms with Crippen LogP contribution >= 0.6 is 0 Å². The van der Waals surface area contributed by atoms with Crippen molar-refractivity contribution >= 4 is 17.3 Å². The molecule has 1 aromatic carbocycles. The number of hydrogen-bond donors (Lipinski definition) is 3. The number of nitrogens with one attached hydrogen (secondary N) is 3. The van der Waals surface area contributed by atoms with Crippen LogP contribution in [0.5, 0.6) is 0 Å². The third kappa shape index (κ3) is 2.72. The lowest BCUT2D eigenvalue weighted by molar-refractivity contribution is -0.119. The summed E-state index contributed by atoms with van der Waals surface area (Å²) in [5.41, 5.74) is 5.70. The minimum atomic E-state index is 0.00567. The quantitative estimate of drug-likeness (QED) is 0.801. The number of fused-ring (bicyclic) bond motifs is 1. The first kappa shape index (κ1) is 14.3. The van der Waals surface area contributed by atoms with Crippen LogP contribution in [-0.2, 0) is 11.2 Å². The highest BCUT2D eigenvalue weighted by Gasteiger charge is 2.18. The highest BCUT2D eigenvalue weighted by Crippen LogP contribution is 2.35. The normalized spacial score (nSPS) is 12.8. The smallest absolute Gasteiger partial charge is 0.224 e. The van der Waals surface area contributed by atoms with Crippen LogP contribution in [0.2, 0.25) is 0 Å². The van der Waals surface area contributed by atoms with Crippen molar-refractivity contribution in [1.29, 1.82) is 0 Å². The molecule has 0 saturated heterocycles. The van der Waals surface area contributed by atoms with E-state index in [9.17, 15) is 4.79 Å². The van der Waals surface area contributed by atoms with Gasteiger partial charge in [-0.05, 0) is 12.5 Å². The first-order valence-electron chi connectivity index (χ1n) is 7.34. The molecule has 114 valence electrons. The molecular weight excluding hydrogens is 278 g/mol. The Labute approximate surface area is 129 Å². The van der Waals surface area contributed by atoms with Gasteiger partial charge in [0.25, 0.3) is 0 Å². The average Bonchev–Trinajstić information content (AvgIpc) is 2.56. The molecule has 1 aromatic heterocycles. The minimum Gasteiger partial charge on any atom is -0.380 e. The van der Waals surface area contributed by atoms with Gasteiger partial charge in [0.05, 0.1) is 23.5 Å². The number of rotatable bonds is 3. The molecule has 6 heteroatoms. The molecule has 0 unspecified atom stereocenters. The van der Waals surface area contributed by atoms with Crippen molar-refractivity contribution in [3.63, 3.8) is 0 Å². The molecular formula is C16H19N5O. The number of aromatic nitrogens is 2. The molecule has 2 aromatic rings. The van der Waals surface area contributed by atoms with E-state index in [4.69, 9.17) is 0 Å². The number of nitrogens with zero attached hydrogens (tertiary/aromatic N) is 2. The average molecular weight is 297 g/mol. The number of carbonyl (C=O) groups is 1. The van der Waals surface area contributed by atoms with Crippen molar-refractivity contribution < 1.29 is 4.79 Å². The largest absolute Gasteiger partial charge is 0.380 e. The Morgan fingerprint density at radius 3 is 2.50 bits per heavy atom. The molecule has 6 nitrogen and oxygen atoms in total. The number of carbonyl (C=O) groups excluding carboxylic acids is 1. The molecule has 1 amide bonds. The Morgan fingerprint density at radius 2 is 1.82 bits per heavy atom. The van der Waals surface area contributed by atoms with Crippen LogP contribution in [0.25, 0.3) is 11.3 Å². The van der Waals surface area contributed by atoms with Gasteiger partial charge in [-0.3, -0.25) is 4.79 Å². The molecule has 0 atom stereocenters. The molecule has 0 spiro atoms. The molecule has 0 bridgehead atoms. The van der Waals surface area contributed by atoms with E-state index < -0.39 is 0 Å². The number of anilines is 2. The van der Waals surface area contributed by atoms with Crippen molar-refractivity contribution in [2.45, 2.75) is 13.3 Å². The molecule has 0 aliphatic carbocycles. The maximum absolute atomic E-state index is 11.4. The van der Waals surface area contributed by atoms with Gasteiger partial charge in [-0.1, -0.05) is 24.3 Å². The topological polar surface area (TPSA) is 78.9 Å². The van der Waals surface area contributed by atoms with Crippen LogP contribution < -0.4 is 16.0 Å². The third-order valence-electron chi connectivity index (χ3n) is 3.75. The summed E-state index contributed by atoms with van der Waals surface area (Å²) in [6.45, 7) is 3.69. The number of aryl methyl sites for hydroxylation is 1.